The van der Waals surface area contributed by atoms with Gasteiger partial charge in [0, 0.05) is 50.5 Å². The summed E-state index contributed by atoms with van der Waals surface area (Å²) in [6, 6.07) is 8.47. The summed E-state index contributed by atoms with van der Waals surface area (Å²) in [6.07, 6.45) is -0.117. The second-order valence-electron chi connectivity index (χ2n) is 7.51. The van der Waals surface area contributed by atoms with Crippen molar-refractivity contribution in [2.24, 2.45) is 0 Å². The van der Waals surface area contributed by atoms with Crippen molar-refractivity contribution in [2.75, 3.05) is 39.3 Å². The molecule has 3 heterocycles. The van der Waals surface area contributed by atoms with E-state index < -0.39 is 10.2 Å². The number of hydrogen-bond acceptors (Lipinski definition) is 5. The van der Waals surface area contributed by atoms with Crippen LogP contribution in [0, 0.1) is 0 Å². The Kier molecular flexibility index (Phi) is 5.55. The van der Waals surface area contributed by atoms with Crippen LogP contribution in [0.25, 0.3) is 10.1 Å². The number of rotatable bonds is 4. The first-order valence-electron chi connectivity index (χ1n) is 9.51. The van der Waals surface area contributed by atoms with E-state index in [2.05, 4.69) is 34.5 Å². The van der Waals surface area contributed by atoms with Crippen LogP contribution in [-0.4, -0.2) is 73.4 Å². The van der Waals surface area contributed by atoms with Crippen LogP contribution < -0.4 is 0 Å². The van der Waals surface area contributed by atoms with Crippen LogP contribution >= 0.6 is 11.3 Å². The minimum Gasteiger partial charge on any atom is -0.373 e. The number of fused-ring (bicyclic) bond motifs is 1. The maximum Gasteiger partial charge on any atom is 0.282 e. The van der Waals surface area contributed by atoms with Crippen LogP contribution in [0.3, 0.4) is 0 Å². The van der Waals surface area contributed by atoms with Gasteiger partial charge in [0.25, 0.3) is 10.2 Å². The van der Waals surface area contributed by atoms with Crippen molar-refractivity contribution < 1.29 is 13.2 Å². The molecule has 0 N–H and O–H groups in total. The van der Waals surface area contributed by atoms with Crippen molar-refractivity contribution in [3.05, 3.63) is 35.2 Å². The molecule has 1 aromatic heterocycles. The minimum absolute atomic E-state index is 0.0586. The second kappa shape index (κ2) is 7.77. The Labute approximate surface area is 165 Å². The van der Waals surface area contributed by atoms with Crippen LogP contribution in [0.4, 0.5) is 0 Å². The van der Waals surface area contributed by atoms with E-state index in [1.807, 2.05) is 13.8 Å². The molecular formula is C19H27N3O3S2. The zero-order valence-electron chi connectivity index (χ0n) is 15.9. The SMILES string of the molecule is C[C@@H]1CN(S(=O)(=O)N2CCN(Cc3csc4ccccc34)CC2)C[C@@H](C)O1. The average molecular weight is 410 g/mol. The monoisotopic (exact) mass is 409 g/mol. The molecule has 2 atom stereocenters. The fourth-order valence-electron chi connectivity index (χ4n) is 4.00. The first-order valence-corrected chi connectivity index (χ1v) is 11.8. The molecule has 0 radical (unpaired) electrons. The normalized spacial score (nSPS) is 26.6. The lowest BCUT2D eigenvalue weighted by molar-refractivity contribution is -0.0457. The lowest BCUT2D eigenvalue weighted by Crippen LogP contribution is -2.56. The first kappa shape index (κ1) is 19.3. The Hall–Kier alpha value is -1.03. The zero-order chi connectivity index (χ0) is 19.0. The lowest BCUT2D eigenvalue weighted by atomic mass is 10.1. The van der Waals surface area contributed by atoms with Crippen LogP contribution in [0.1, 0.15) is 19.4 Å². The molecule has 1 aromatic carbocycles. The molecule has 0 saturated carbocycles. The van der Waals surface area contributed by atoms with E-state index in [1.54, 1.807) is 19.9 Å². The molecule has 2 aliphatic heterocycles. The molecule has 6 nitrogen and oxygen atoms in total. The van der Waals surface area contributed by atoms with E-state index in [0.29, 0.717) is 26.2 Å². The van der Waals surface area contributed by atoms with Crippen molar-refractivity contribution in [3.63, 3.8) is 0 Å². The van der Waals surface area contributed by atoms with Gasteiger partial charge in [0.2, 0.25) is 0 Å². The summed E-state index contributed by atoms with van der Waals surface area (Å²) in [6.45, 7) is 8.24. The standard InChI is InChI=1S/C19H27N3O3S2/c1-15-11-22(12-16(2)25-15)27(23,24)21-9-7-20(8-10-21)13-17-14-26-19-6-4-3-5-18(17)19/h3-6,14-16H,7-13H2,1-2H3/t15-,16-/m1/s1. The largest absolute Gasteiger partial charge is 0.373 e. The van der Waals surface area contributed by atoms with Crippen molar-refractivity contribution in [1.82, 2.24) is 13.5 Å². The predicted molar refractivity (Wildman–Crippen MR) is 109 cm³/mol. The van der Waals surface area contributed by atoms with Gasteiger partial charge in [-0.15, -0.1) is 11.3 Å². The Bertz CT molecular complexity index is 880. The molecule has 0 amide bonds. The number of hydrogen-bond donors (Lipinski definition) is 0. The van der Waals surface area contributed by atoms with Gasteiger partial charge < -0.3 is 4.74 Å². The molecular weight excluding hydrogens is 382 g/mol. The third-order valence-electron chi connectivity index (χ3n) is 5.33. The van der Waals surface area contributed by atoms with Gasteiger partial charge in [0.05, 0.1) is 12.2 Å². The second-order valence-corrected chi connectivity index (χ2v) is 10.4. The minimum atomic E-state index is -3.41. The van der Waals surface area contributed by atoms with Crippen molar-refractivity contribution >= 4 is 31.6 Å². The van der Waals surface area contributed by atoms with E-state index in [9.17, 15) is 8.42 Å². The molecule has 2 aromatic rings. The van der Waals surface area contributed by atoms with Gasteiger partial charge in [-0.25, -0.2) is 0 Å². The van der Waals surface area contributed by atoms with Gasteiger partial charge in [-0.3, -0.25) is 4.90 Å². The maximum absolute atomic E-state index is 13.0. The van der Waals surface area contributed by atoms with Crippen molar-refractivity contribution in [2.45, 2.75) is 32.6 Å². The third-order valence-corrected chi connectivity index (χ3v) is 8.31. The molecule has 27 heavy (non-hydrogen) atoms. The number of ether oxygens (including phenoxy) is 1. The molecule has 0 aliphatic carbocycles. The Morgan fingerprint density at radius 1 is 1.04 bits per heavy atom. The molecule has 8 heteroatoms. The van der Waals surface area contributed by atoms with Crippen molar-refractivity contribution in [3.8, 4) is 0 Å². The number of morpholine rings is 1. The Morgan fingerprint density at radius 3 is 2.41 bits per heavy atom. The molecule has 4 rings (SSSR count). The summed E-state index contributed by atoms with van der Waals surface area (Å²) in [5.41, 5.74) is 1.34. The van der Waals surface area contributed by atoms with Crippen LogP contribution in [-0.2, 0) is 21.5 Å². The summed E-state index contributed by atoms with van der Waals surface area (Å²) in [5.74, 6) is 0. The number of thiophene rings is 1. The quantitative estimate of drug-likeness (QED) is 0.778. The fraction of sp³-hybridized carbons (Fsp3) is 0.579. The topological polar surface area (TPSA) is 53.1 Å². The van der Waals surface area contributed by atoms with Crippen LogP contribution in [0.15, 0.2) is 29.6 Å². The zero-order valence-corrected chi connectivity index (χ0v) is 17.5. The highest BCUT2D eigenvalue weighted by Gasteiger charge is 2.36. The first-order chi connectivity index (χ1) is 12.9. The van der Waals surface area contributed by atoms with E-state index in [0.717, 1.165) is 19.6 Å². The average Bonchev–Trinajstić information content (AvgIpc) is 3.04. The molecule has 0 bridgehead atoms. The highest BCUT2D eigenvalue weighted by molar-refractivity contribution is 7.86. The van der Waals surface area contributed by atoms with Gasteiger partial charge >= 0.3 is 0 Å². The van der Waals surface area contributed by atoms with Crippen LogP contribution in [0.2, 0.25) is 0 Å². The lowest BCUT2D eigenvalue weighted by Gasteiger charge is -2.40. The number of piperazine rings is 1. The van der Waals surface area contributed by atoms with E-state index in [4.69, 9.17) is 4.74 Å². The van der Waals surface area contributed by atoms with Gasteiger partial charge in [-0.05, 0) is 36.2 Å². The van der Waals surface area contributed by atoms with E-state index in [-0.39, 0.29) is 12.2 Å². The molecule has 148 valence electrons. The highest BCUT2D eigenvalue weighted by Crippen LogP contribution is 2.27. The molecule has 2 aliphatic rings. The van der Waals surface area contributed by atoms with Gasteiger partial charge in [-0.1, -0.05) is 18.2 Å². The van der Waals surface area contributed by atoms with Crippen molar-refractivity contribution in [1.29, 1.82) is 0 Å². The van der Waals surface area contributed by atoms with Crippen LogP contribution in [0.5, 0.6) is 0 Å². The van der Waals surface area contributed by atoms with E-state index in [1.165, 1.54) is 15.6 Å². The van der Waals surface area contributed by atoms with Gasteiger partial charge in [-0.2, -0.15) is 17.0 Å². The third kappa shape index (κ3) is 4.06. The number of nitrogens with zero attached hydrogens (tertiary/aromatic N) is 3. The summed E-state index contributed by atoms with van der Waals surface area (Å²) in [7, 11) is -3.41. The smallest absolute Gasteiger partial charge is 0.282 e. The fourth-order valence-corrected chi connectivity index (χ4v) is 6.70. The summed E-state index contributed by atoms with van der Waals surface area (Å²) < 4.78 is 36.2. The molecule has 0 spiro atoms. The predicted octanol–water partition coefficient (Wildman–Crippen LogP) is 2.37. The summed E-state index contributed by atoms with van der Waals surface area (Å²) in [5, 5.41) is 3.54. The maximum atomic E-state index is 13.0. The Balaban J connectivity index is 1.38. The molecule has 2 fully saturated rings. The summed E-state index contributed by atoms with van der Waals surface area (Å²) >= 11 is 1.77. The molecule has 0 unspecified atom stereocenters. The highest BCUT2D eigenvalue weighted by atomic mass is 32.2. The summed E-state index contributed by atoms with van der Waals surface area (Å²) in [4.78, 5) is 2.35. The number of benzene rings is 1. The van der Waals surface area contributed by atoms with Gasteiger partial charge in [0.15, 0.2) is 0 Å². The van der Waals surface area contributed by atoms with E-state index >= 15 is 0 Å². The Morgan fingerprint density at radius 2 is 1.70 bits per heavy atom. The van der Waals surface area contributed by atoms with Gasteiger partial charge in [0.1, 0.15) is 0 Å². The molecule has 2 saturated heterocycles.